The number of hydrogen-bond acceptors (Lipinski definition) is 5. The van der Waals surface area contributed by atoms with E-state index in [-0.39, 0.29) is 21.2 Å². The molecule has 1 atom stereocenters. The van der Waals surface area contributed by atoms with Crippen molar-refractivity contribution in [2.75, 3.05) is 18.5 Å². The summed E-state index contributed by atoms with van der Waals surface area (Å²) in [5.74, 6) is -1.50. The van der Waals surface area contributed by atoms with Crippen LogP contribution in [0.25, 0.3) is 0 Å². The van der Waals surface area contributed by atoms with Crippen molar-refractivity contribution >= 4 is 27.5 Å². The summed E-state index contributed by atoms with van der Waals surface area (Å²) in [6.45, 7) is 2.00. The van der Waals surface area contributed by atoms with Crippen molar-refractivity contribution in [1.82, 2.24) is 5.32 Å². The van der Waals surface area contributed by atoms with Crippen molar-refractivity contribution in [3.8, 4) is 0 Å². The lowest BCUT2D eigenvalue weighted by molar-refractivity contribution is -0.118. The Kier molecular flexibility index (Phi) is 9.69. The van der Waals surface area contributed by atoms with Gasteiger partial charge in [-0.3, -0.25) is 9.59 Å². The molecule has 0 aromatic heterocycles. The number of nitrogens with one attached hydrogen (secondary N) is 2. The number of sulfonamides is 1. The van der Waals surface area contributed by atoms with Crippen LogP contribution in [0.4, 0.5) is 10.1 Å². The van der Waals surface area contributed by atoms with E-state index in [9.17, 15) is 22.4 Å². The molecule has 4 N–H and O–H groups in total. The number of nitrogens with two attached hydrogens (primary N) is 1. The van der Waals surface area contributed by atoms with E-state index in [1.54, 1.807) is 0 Å². The lowest BCUT2D eigenvalue weighted by atomic mass is 10.0. The maximum absolute atomic E-state index is 13.1. The SMILES string of the molecule is C1CCOC1.NS(=O)(=O)c1ccc(NC(=O)[C@H](Cc2ccccc2)NC(=O)c2ccc(F)cc2)cc1.[HH].[HH].[HH]. The van der Waals surface area contributed by atoms with Gasteiger partial charge in [0.05, 0.1) is 4.90 Å². The van der Waals surface area contributed by atoms with Crippen LogP contribution < -0.4 is 15.8 Å². The fraction of sp³-hybridized carbons (Fsp3) is 0.231. The Hall–Kier alpha value is -3.60. The smallest absolute Gasteiger partial charge is 0.251 e. The standard InChI is InChI=1S/C22H20FN3O4S.C4H8O.3H2/c23-17-8-6-16(7-9-17)21(27)26-20(14-15-4-2-1-3-5-15)22(28)25-18-10-12-19(13-11-18)31(24,29)30;1-2-4-5-3-1;;;/h1-13,20H,14H2,(H,25,28)(H,26,27)(H2,24,29,30);1-4H2;3*1H/t20-;;;;/m0..../s1. The van der Waals surface area contributed by atoms with Gasteiger partial charge < -0.3 is 15.4 Å². The Morgan fingerprint density at radius 3 is 2.08 bits per heavy atom. The largest absolute Gasteiger partial charge is 0.381 e. The highest BCUT2D eigenvalue weighted by Crippen LogP contribution is 2.14. The molecule has 0 saturated carbocycles. The van der Waals surface area contributed by atoms with Gasteiger partial charge in [-0.15, -0.1) is 0 Å². The number of halogens is 1. The zero-order valence-corrected chi connectivity index (χ0v) is 20.3. The van der Waals surface area contributed by atoms with E-state index in [1.807, 2.05) is 30.3 Å². The van der Waals surface area contributed by atoms with E-state index in [2.05, 4.69) is 10.6 Å². The zero-order chi connectivity index (χ0) is 26.0. The summed E-state index contributed by atoms with van der Waals surface area (Å²) < 4.78 is 40.8. The Bertz CT molecular complexity index is 1250. The summed E-state index contributed by atoms with van der Waals surface area (Å²) in [4.78, 5) is 25.4. The van der Waals surface area contributed by atoms with Gasteiger partial charge in [0.25, 0.3) is 5.91 Å². The molecule has 0 radical (unpaired) electrons. The molecule has 0 bridgehead atoms. The molecule has 0 spiro atoms. The number of hydrogen-bond donors (Lipinski definition) is 3. The number of rotatable bonds is 7. The molecule has 1 saturated heterocycles. The van der Waals surface area contributed by atoms with Gasteiger partial charge in [0, 0.05) is 35.2 Å². The van der Waals surface area contributed by atoms with Crippen LogP contribution in [0.2, 0.25) is 0 Å². The normalized spacial score (nSPS) is 13.7. The van der Waals surface area contributed by atoms with Crippen molar-refractivity contribution in [3.63, 3.8) is 0 Å². The summed E-state index contributed by atoms with van der Waals surface area (Å²) >= 11 is 0. The van der Waals surface area contributed by atoms with Gasteiger partial charge >= 0.3 is 0 Å². The molecule has 196 valence electrons. The van der Waals surface area contributed by atoms with Crippen LogP contribution in [0, 0.1) is 5.82 Å². The molecule has 36 heavy (non-hydrogen) atoms. The summed E-state index contributed by atoms with van der Waals surface area (Å²) in [6, 6.07) is 18.5. The Morgan fingerprint density at radius 1 is 0.944 bits per heavy atom. The van der Waals surface area contributed by atoms with Crippen molar-refractivity contribution in [2.24, 2.45) is 5.14 Å². The molecular formula is C26H34FN3O5S. The molecule has 1 aliphatic heterocycles. The summed E-state index contributed by atoms with van der Waals surface area (Å²) in [5, 5.41) is 10.4. The molecule has 0 aliphatic carbocycles. The average Bonchev–Trinajstić information content (AvgIpc) is 3.45. The third kappa shape index (κ3) is 8.56. The number of carbonyl (C=O) groups excluding carboxylic acids is 2. The first-order chi connectivity index (χ1) is 17.2. The van der Waals surface area contributed by atoms with Crippen LogP contribution >= 0.6 is 0 Å². The van der Waals surface area contributed by atoms with E-state index < -0.39 is 33.7 Å². The van der Waals surface area contributed by atoms with Crippen molar-refractivity contribution < 1.29 is 31.4 Å². The minimum Gasteiger partial charge on any atom is -0.381 e. The predicted molar refractivity (Wildman–Crippen MR) is 141 cm³/mol. The third-order valence-corrected chi connectivity index (χ3v) is 6.22. The van der Waals surface area contributed by atoms with Crippen LogP contribution in [-0.4, -0.2) is 39.5 Å². The van der Waals surface area contributed by atoms with Crippen LogP contribution in [0.3, 0.4) is 0 Å². The number of benzene rings is 3. The van der Waals surface area contributed by atoms with E-state index in [4.69, 9.17) is 9.88 Å². The first kappa shape index (κ1) is 27.0. The first-order valence-corrected chi connectivity index (χ1v) is 12.9. The molecule has 2 amide bonds. The number of amides is 2. The van der Waals surface area contributed by atoms with Crippen molar-refractivity contribution in [3.05, 3.63) is 95.8 Å². The molecule has 1 heterocycles. The molecular weight excluding hydrogens is 485 g/mol. The van der Waals surface area contributed by atoms with Crippen molar-refractivity contribution in [1.29, 1.82) is 0 Å². The molecule has 8 nitrogen and oxygen atoms in total. The third-order valence-electron chi connectivity index (χ3n) is 5.29. The van der Waals surface area contributed by atoms with Crippen LogP contribution in [0.5, 0.6) is 0 Å². The first-order valence-electron chi connectivity index (χ1n) is 11.3. The summed E-state index contributed by atoms with van der Waals surface area (Å²) in [5.41, 5.74) is 1.38. The van der Waals surface area contributed by atoms with Gasteiger partial charge in [-0.1, -0.05) is 30.3 Å². The number of ether oxygens (including phenoxy) is 1. The number of carbonyl (C=O) groups is 2. The fourth-order valence-electron chi connectivity index (χ4n) is 3.37. The molecule has 0 unspecified atom stereocenters. The van der Waals surface area contributed by atoms with Crippen molar-refractivity contribution in [2.45, 2.75) is 30.2 Å². The molecule has 1 aliphatic rings. The number of primary sulfonamides is 1. The van der Waals surface area contributed by atoms with Gasteiger partial charge in [0.15, 0.2) is 0 Å². The fourth-order valence-corrected chi connectivity index (χ4v) is 3.88. The molecule has 10 heteroatoms. The highest BCUT2D eigenvalue weighted by molar-refractivity contribution is 7.89. The van der Waals surface area contributed by atoms with Gasteiger partial charge in [-0.05, 0) is 66.9 Å². The van der Waals surface area contributed by atoms with E-state index >= 15 is 0 Å². The minimum absolute atomic E-state index is 0. The van der Waals surface area contributed by atoms with E-state index in [0.717, 1.165) is 30.9 Å². The lowest BCUT2D eigenvalue weighted by Crippen LogP contribution is -2.45. The molecule has 1 fully saturated rings. The topological polar surface area (TPSA) is 128 Å². The second-order valence-electron chi connectivity index (χ2n) is 8.10. The molecule has 4 rings (SSSR count). The second-order valence-corrected chi connectivity index (χ2v) is 9.66. The van der Waals surface area contributed by atoms with Crippen LogP contribution in [0.15, 0.2) is 83.8 Å². The molecule has 3 aromatic rings. The quantitative estimate of drug-likeness (QED) is 0.435. The van der Waals surface area contributed by atoms with Gasteiger partial charge in [0.1, 0.15) is 11.9 Å². The van der Waals surface area contributed by atoms with Gasteiger partial charge in [0.2, 0.25) is 15.9 Å². The minimum atomic E-state index is -3.85. The predicted octanol–water partition coefficient (Wildman–Crippen LogP) is 3.99. The van der Waals surface area contributed by atoms with Gasteiger partial charge in [-0.25, -0.2) is 17.9 Å². The molecule has 3 aromatic carbocycles. The van der Waals surface area contributed by atoms with Crippen LogP contribution in [-0.2, 0) is 26.0 Å². The monoisotopic (exact) mass is 519 g/mol. The number of anilines is 1. The Balaban J connectivity index is 0.00000162. The van der Waals surface area contributed by atoms with E-state index in [1.165, 1.54) is 49.2 Å². The summed E-state index contributed by atoms with van der Waals surface area (Å²) in [7, 11) is -3.85. The van der Waals surface area contributed by atoms with Crippen LogP contribution in [0.1, 0.15) is 33.0 Å². The zero-order valence-electron chi connectivity index (χ0n) is 19.5. The van der Waals surface area contributed by atoms with Gasteiger partial charge in [-0.2, -0.15) is 0 Å². The highest BCUT2D eigenvalue weighted by Gasteiger charge is 2.22. The maximum atomic E-state index is 13.1. The lowest BCUT2D eigenvalue weighted by Gasteiger charge is -2.19. The highest BCUT2D eigenvalue weighted by atomic mass is 32.2. The Morgan fingerprint density at radius 2 is 1.56 bits per heavy atom. The average molecular weight is 520 g/mol. The summed E-state index contributed by atoms with van der Waals surface area (Å²) in [6.07, 6.45) is 2.77. The Labute approximate surface area is 214 Å². The van der Waals surface area contributed by atoms with E-state index in [0.29, 0.717) is 5.69 Å². The second kappa shape index (κ2) is 12.9. The maximum Gasteiger partial charge on any atom is 0.251 e.